The van der Waals surface area contributed by atoms with Crippen LogP contribution in [0.2, 0.25) is 0 Å². The molecule has 1 aromatic heterocycles. The number of rotatable bonds is 6. The second-order valence-electron chi connectivity index (χ2n) is 3.93. The second-order valence-corrected chi connectivity index (χ2v) is 3.93. The Morgan fingerprint density at radius 2 is 2.18 bits per heavy atom. The van der Waals surface area contributed by atoms with Crippen LogP contribution in [0.15, 0.2) is 23.3 Å². The fourth-order valence-corrected chi connectivity index (χ4v) is 1.53. The number of hydrogen-bond acceptors (Lipinski definition) is 3. The van der Waals surface area contributed by atoms with Gasteiger partial charge in [-0.15, -0.1) is 0 Å². The molecule has 0 spiro atoms. The van der Waals surface area contributed by atoms with Crippen LogP contribution in [0, 0.1) is 0 Å². The lowest BCUT2D eigenvalue weighted by atomic mass is 10.2. The molecule has 5 nitrogen and oxygen atoms in total. The molecule has 0 atom stereocenters. The van der Waals surface area contributed by atoms with Crippen molar-refractivity contribution in [2.45, 2.75) is 19.3 Å². The summed E-state index contributed by atoms with van der Waals surface area (Å²) in [6.45, 7) is 0.767. The molecule has 0 unspecified atom stereocenters. The monoisotopic (exact) mass is 238 g/mol. The van der Waals surface area contributed by atoms with Crippen LogP contribution in [0.25, 0.3) is 0 Å². The van der Waals surface area contributed by atoms with E-state index in [9.17, 15) is 9.59 Å². The first kappa shape index (κ1) is 13.4. The molecule has 0 saturated carbocycles. The lowest BCUT2D eigenvalue weighted by Crippen LogP contribution is -2.31. The first-order chi connectivity index (χ1) is 8.16. The maximum atomic E-state index is 11.9. The van der Waals surface area contributed by atoms with Crippen LogP contribution in [0.3, 0.4) is 0 Å². The van der Waals surface area contributed by atoms with Crippen molar-refractivity contribution in [3.63, 3.8) is 0 Å². The van der Waals surface area contributed by atoms with Crippen molar-refractivity contribution < 1.29 is 9.90 Å². The van der Waals surface area contributed by atoms with Crippen molar-refractivity contribution >= 4 is 5.91 Å². The van der Waals surface area contributed by atoms with E-state index in [1.165, 1.54) is 23.4 Å². The first-order valence-corrected chi connectivity index (χ1v) is 5.70. The number of nitrogens with one attached hydrogen (secondary N) is 1. The molecule has 0 aliphatic carbocycles. The zero-order valence-electron chi connectivity index (χ0n) is 9.98. The van der Waals surface area contributed by atoms with Crippen molar-refractivity contribution in [2.24, 2.45) is 0 Å². The molecule has 0 bridgehead atoms. The fourth-order valence-electron chi connectivity index (χ4n) is 1.53. The van der Waals surface area contributed by atoms with E-state index in [4.69, 9.17) is 5.11 Å². The summed E-state index contributed by atoms with van der Waals surface area (Å²) in [6, 6.07) is 1.34. The Kier molecular flexibility index (Phi) is 5.42. The van der Waals surface area contributed by atoms with Crippen LogP contribution in [-0.4, -0.2) is 41.1 Å². The molecule has 0 aliphatic heterocycles. The van der Waals surface area contributed by atoms with Crippen molar-refractivity contribution in [3.8, 4) is 0 Å². The van der Waals surface area contributed by atoms with Crippen molar-refractivity contribution in [3.05, 3.63) is 34.2 Å². The number of nitrogens with zero attached hydrogens (tertiary/aromatic N) is 1. The largest absolute Gasteiger partial charge is 0.396 e. The highest BCUT2D eigenvalue weighted by atomic mass is 16.3. The van der Waals surface area contributed by atoms with E-state index < -0.39 is 0 Å². The summed E-state index contributed by atoms with van der Waals surface area (Å²) in [7, 11) is 1.67. The zero-order valence-corrected chi connectivity index (χ0v) is 9.98. The van der Waals surface area contributed by atoms with Gasteiger partial charge < -0.3 is 15.0 Å². The number of hydrogen-bond donors (Lipinski definition) is 2. The summed E-state index contributed by atoms with van der Waals surface area (Å²) in [4.78, 5) is 27.6. The third-order valence-electron chi connectivity index (χ3n) is 2.55. The van der Waals surface area contributed by atoms with Crippen LogP contribution in [-0.2, 0) is 0 Å². The Morgan fingerprint density at radius 3 is 2.82 bits per heavy atom. The van der Waals surface area contributed by atoms with Crippen molar-refractivity contribution in [1.82, 2.24) is 9.88 Å². The predicted octanol–water partition coefficient (Wildman–Crippen LogP) is 0.610. The topological polar surface area (TPSA) is 73.4 Å². The van der Waals surface area contributed by atoms with Gasteiger partial charge in [-0.05, 0) is 19.3 Å². The fraction of sp³-hybridized carbons (Fsp3) is 0.500. The van der Waals surface area contributed by atoms with Gasteiger partial charge in [0, 0.05) is 38.7 Å². The summed E-state index contributed by atoms with van der Waals surface area (Å²) in [5, 5.41) is 8.63. The van der Waals surface area contributed by atoms with Crippen LogP contribution < -0.4 is 5.43 Å². The normalized spacial score (nSPS) is 10.2. The van der Waals surface area contributed by atoms with Crippen LogP contribution in [0.1, 0.15) is 29.6 Å². The van der Waals surface area contributed by atoms with Gasteiger partial charge in [-0.1, -0.05) is 0 Å². The minimum Gasteiger partial charge on any atom is -0.396 e. The molecule has 5 heteroatoms. The molecule has 1 amide bonds. The Balaban J connectivity index is 2.53. The van der Waals surface area contributed by atoms with E-state index in [1.54, 1.807) is 7.05 Å². The van der Waals surface area contributed by atoms with Crippen LogP contribution in [0.5, 0.6) is 0 Å². The molecular formula is C12H18N2O3. The molecular weight excluding hydrogens is 220 g/mol. The molecule has 0 saturated heterocycles. The Hall–Kier alpha value is -1.62. The minimum atomic E-state index is -0.268. The van der Waals surface area contributed by atoms with Crippen molar-refractivity contribution in [2.75, 3.05) is 20.2 Å². The third kappa shape index (κ3) is 4.03. The van der Waals surface area contributed by atoms with E-state index in [2.05, 4.69) is 4.98 Å². The minimum absolute atomic E-state index is 0.164. The molecule has 1 rings (SSSR count). The molecule has 2 N–H and O–H groups in total. The SMILES string of the molecule is CN(CCCCCO)C(=O)c1c[nH]ccc1=O. The van der Waals surface area contributed by atoms with E-state index in [0.717, 1.165) is 19.3 Å². The van der Waals surface area contributed by atoms with Gasteiger partial charge in [-0.2, -0.15) is 0 Å². The molecule has 0 radical (unpaired) electrons. The average Bonchev–Trinajstić information content (AvgIpc) is 2.34. The number of aromatic nitrogens is 1. The number of unbranched alkanes of at least 4 members (excludes halogenated alkanes) is 2. The number of H-pyrrole nitrogens is 1. The maximum absolute atomic E-state index is 11.9. The van der Waals surface area contributed by atoms with Gasteiger partial charge in [-0.25, -0.2) is 0 Å². The number of carbonyl (C=O) groups excluding carboxylic acids is 1. The van der Waals surface area contributed by atoms with Crippen LogP contribution >= 0.6 is 0 Å². The van der Waals surface area contributed by atoms with Crippen LogP contribution in [0.4, 0.5) is 0 Å². The number of amides is 1. The van der Waals surface area contributed by atoms with E-state index in [1.807, 2.05) is 0 Å². The first-order valence-electron chi connectivity index (χ1n) is 5.70. The number of aliphatic hydroxyl groups excluding tert-OH is 1. The summed E-state index contributed by atoms with van der Waals surface area (Å²) >= 11 is 0. The van der Waals surface area contributed by atoms with E-state index in [-0.39, 0.29) is 23.5 Å². The zero-order chi connectivity index (χ0) is 12.7. The highest BCUT2D eigenvalue weighted by Gasteiger charge is 2.13. The van der Waals surface area contributed by atoms with E-state index >= 15 is 0 Å². The molecule has 17 heavy (non-hydrogen) atoms. The lowest BCUT2D eigenvalue weighted by molar-refractivity contribution is 0.0790. The molecule has 1 aromatic rings. The standard InChI is InChI=1S/C12H18N2O3/c1-14(7-3-2-4-8-15)12(17)10-9-13-6-5-11(10)16/h5-6,9,15H,2-4,7-8H2,1H3,(H,13,16). The van der Waals surface area contributed by atoms with Gasteiger partial charge in [-0.3, -0.25) is 9.59 Å². The van der Waals surface area contributed by atoms with E-state index in [0.29, 0.717) is 6.54 Å². The summed E-state index contributed by atoms with van der Waals surface area (Å²) < 4.78 is 0. The van der Waals surface area contributed by atoms with Crippen molar-refractivity contribution in [1.29, 1.82) is 0 Å². The highest BCUT2D eigenvalue weighted by Crippen LogP contribution is 2.00. The van der Waals surface area contributed by atoms with Gasteiger partial charge in [0.05, 0.1) is 0 Å². The Bertz CT molecular complexity index is 414. The quantitative estimate of drug-likeness (QED) is 0.713. The van der Waals surface area contributed by atoms with Gasteiger partial charge in [0.25, 0.3) is 5.91 Å². The molecule has 0 aromatic carbocycles. The Labute approximate surface area is 100 Å². The van der Waals surface area contributed by atoms with Gasteiger partial charge in [0.2, 0.25) is 0 Å². The molecule has 1 heterocycles. The highest BCUT2D eigenvalue weighted by molar-refractivity contribution is 5.93. The predicted molar refractivity (Wildman–Crippen MR) is 65.0 cm³/mol. The second kappa shape index (κ2) is 6.85. The third-order valence-corrected chi connectivity index (χ3v) is 2.55. The average molecular weight is 238 g/mol. The summed E-state index contributed by atoms with van der Waals surface area (Å²) in [6.07, 6.45) is 5.37. The van der Waals surface area contributed by atoms with Gasteiger partial charge in [0.1, 0.15) is 5.56 Å². The van der Waals surface area contributed by atoms with Gasteiger partial charge in [0.15, 0.2) is 5.43 Å². The smallest absolute Gasteiger partial charge is 0.259 e. The number of aliphatic hydroxyl groups is 1. The maximum Gasteiger partial charge on any atom is 0.259 e. The summed E-state index contributed by atoms with van der Waals surface area (Å²) in [5.74, 6) is -0.268. The number of carbonyl (C=O) groups is 1. The molecule has 0 fully saturated rings. The van der Waals surface area contributed by atoms with Gasteiger partial charge >= 0.3 is 0 Å². The lowest BCUT2D eigenvalue weighted by Gasteiger charge is -2.16. The molecule has 0 aliphatic rings. The number of aromatic amines is 1. The Morgan fingerprint density at radius 1 is 1.41 bits per heavy atom. The number of pyridine rings is 1. The summed E-state index contributed by atoms with van der Waals surface area (Å²) in [5.41, 5.74) is -0.104. The molecule has 94 valence electrons.